The molecule has 0 bridgehead atoms. The number of likely N-dealkylation sites (N-methyl/N-ethyl adjacent to an activating group) is 1. The van der Waals surface area contributed by atoms with Crippen molar-refractivity contribution in [1.82, 2.24) is 0 Å². The lowest BCUT2D eigenvalue weighted by atomic mass is 9.88. The van der Waals surface area contributed by atoms with E-state index in [9.17, 15) is 9.59 Å². The molecule has 27 heavy (non-hydrogen) atoms. The molecule has 1 aliphatic heterocycles. The van der Waals surface area contributed by atoms with Crippen LogP contribution in [0.15, 0.2) is 54.1 Å². The van der Waals surface area contributed by atoms with Gasteiger partial charge in [0.15, 0.2) is 11.6 Å². The molecule has 0 fully saturated rings. The number of hydrogen-bond acceptors (Lipinski definition) is 3. The Morgan fingerprint density at radius 3 is 2.19 bits per heavy atom. The van der Waals surface area contributed by atoms with E-state index in [0.717, 1.165) is 17.7 Å². The number of benzene rings is 2. The van der Waals surface area contributed by atoms with Crippen LogP contribution in [0.4, 0.5) is 5.69 Å². The van der Waals surface area contributed by atoms with Gasteiger partial charge in [-0.1, -0.05) is 36.4 Å². The smallest absolute Gasteiger partial charge is 0.197 e. The Labute approximate surface area is 160 Å². The van der Waals surface area contributed by atoms with Gasteiger partial charge < -0.3 is 4.90 Å². The summed E-state index contributed by atoms with van der Waals surface area (Å²) >= 11 is 0. The molecule has 0 N–H and O–H groups in total. The molecule has 1 aliphatic carbocycles. The molecule has 0 saturated heterocycles. The summed E-state index contributed by atoms with van der Waals surface area (Å²) in [4.78, 5) is 27.6. The van der Waals surface area contributed by atoms with Crippen LogP contribution in [0.5, 0.6) is 0 Å². The Morgan fingerprint density at radius 1 is 0.963 bits per heavy atom. The molecular weight excluding hydrogens is 334 g/mol. The molecule has 0 spiro atoms. The number of ketones is 2. The van der Waals surface area contributed by atoms with Gasteiger partial charge in [0.05, 0.1) is 11.1 Å². The normalized spacial score (nSPS) is 17.6. The van der Waals surface area contributed by atoms with E-state index >= 15 is 0 Å². The monoisotopic (exact) mass is 357 g/mol. The summed E-state index contributed by atoms with van der Waals surface area (Å²) in [5.74, 6) is -0.367. The van der Waals surface area contributed by atoms with Crippen molar-refractivity contribution >= 4 is 28.9 Å². The third-order valence-corrected chi connectivity index (χ3v) is 5.53. The molecule has 3 nitrogen and oxygen atoms in total. The van der Waals surface area contributed by atoms with Gasteiger partial charge in [0.25, 0.3) is 0 Å². The van der Waals surface area contributed by atoms with Gasteiger partial charge in [-0.3, -0.25) is 9.59 Å². The van der Waals surface area contributed by atoms with E-state index in [-0.39, 0.29) is 22.7 Å². The zero-order valence-electron chi connectivity index (χ0n) is 16.2. The molecule has 2 aromatic carbocycles. The van der Waals surface area contributed by atoms with Crippen LogP contribution in [-0.2, 0) is 0 Å². The number of nitrogens with zero attached hydrogens (tertiary/aromatic N) is 1. The van der Waals surface area contributed by atoms with Crippen molar-refractivity contribution in [2.24, 2.45) is 0 Å². The van der Waals surface area contributed by atoms with Gasteiger partial charge in [-0.15, -0.1) is 0 Å². The lowest BCUT2D eigenvalue weighted by Gasteiger charge is -2.42. The number of hydrogen-bond donors (Lipinski definition) is 0. The van der Waals surface area contributed by atoms with Gasteiger partial charge in [0, 0.05) is 28.9 Å². The summed E-state index contributed by atoms with van der Waals surface area (Å²) in [5.41, 5.74) is 5.65. The molecule has 0 radical (unpaired) electrons. The molecular formula is C24H23NO2. The second kappa shape index (κ2) is 6.05. The van der Waals surface area contributed by atoms with E-state index in [1.807, 2.05) is 6.07 Å². The third kappa shape index (κ3) is 2.66. The SMILES string of the molecule is CCN1c2ccc(C=C3C(=O)c4ccccc4C3=O)cc2C(C)=CC1(C)C. The first-order chi connectivity index (χ1) is 12.8. The Hall–Kier alpha value is -2.94. The van der Waals surface area contributed by atoms with Crippen LogP contribution in [0.25, 0.3) is 11.6 Å². The van der Waals surface area contributed by atoms with Gasteiger partial charge in [0.2, 0.25) is 0 Å². The Morgan fingerprint density at radius 2 is 1.59 bits per heavy atom. The van der Waals surface area contributed by atoms with Gasteiger partial charge in [0.1, 0.15) is 0 Å². The number of fused-ring (bicyclic) bond motifs is 2. The number of carbonyl (C=O) groups excluding carboxylic acids is 2. The maximum Gasteiger partial charge on any atom is 0.197 e. The van der Waals surface area contributed by atoms with Gasteiger partial charge in [-0.2, -0.15) is 0 Å². The second-order valence-corrected chi connectivity index (χ2v) is 7.76. The molecule has 2 aliphatic rings. The average Bonchev–Trinajstić information content (AvgIpc) is 2.87. The third-order valence-electron chi connectivity index (χ3n) is 5.53. The fourth-order valence-corrected chi connectivity index (χ4v) is 4.34. The number of rotatable bonds is 2. The van der Waals surface area contributed by atoms with Crippen LogP contribution in [0.1, 0.15) is 59.5 Å². The maximum atomic E-state index is 12.6. The lowest BCUT2D eigenvalue weighted by molar-refractivity contribution is 0.0990. The standard InChI is InChI=1S/C24H23NO2/c1-5-25-21-11-10-16(12-19(21)15(2)14-24(25,3)4)13-20-22(26)17-8-6-7-9-18(17)23(20)27/h6-14H,5H2,1-4H3. The van der Waals surface area contributed by atoms with Crippen LogP contribution in [0, 0.1) is 0 Å². The fraction of sp³-hybridized carbons (Fsp3) is 0.250. The largest absolute Gasteiger partial charge is 0.363 e. The molecule has 0 atom stereocenters. The maximum absolute atomic E-state index is 12.6. The van der Waals surface area contributed by atoms with Gasteiger partial charge in [-0.05, 0) is 57.0 Å². The first-order valence-corrected chi connectivity index (χ1v) is 9.35. The molecule has 0 amide bonds. The minimum atomic E-state index is -0.183. The van der Waals surface area contributed by atoms with Crippen LogP contribution in [-0.4, -0.2) is 23.7 Å². The molecule has 4 rings (SSSR count). The Bertz CT molecular complexity index is 1000. The van der Waals surface area contributed by atoms with Crippen molar-refractivity contribution in [1.29, 1.82) is 0 Å². The van der Waals surface area contributed by atoms with E-state index in [1.54, 1.807) is 30.3 Å². The van der Waals surface area contributed by atoms with E-state index in [0.29, 0.717) is 11.1 Å². The van der Waals surface area contributed by atoms with Crippen LogP contribution in [0.2, 0.25) is 0 Å². The molecule has 136 valence electrons. The van der Waals surface area contributed by atoms with E-state index in [1.165, 1.54) is 11.3 Å². The lowest BCUT2D eigenvalue weighted by Crippen LogP contribution is -2.44. The predicted octanol–water partition coefficient (Wildman–Crippen LogP) is 5.17. The molecule has 0 unspecified atom stereocenters. The topological polar surface area (TPSA) is 37.4 Å². The summed E-state index contributed by atoms with van der Waals surface area (Å²) in [5, 5.41) is 0. The van der Waals surface area contributed by atoms with Crippen LogP contribution >= 0.6 is 0 Å². The van der Waals surface area contributed by atoms with Crippen molar-refractivity contribution in [3.63, 3.8) is 0 Å². The Balaban J connectivity index is 1.78. The molecule has 1 heterocycles. The minimum absolute atomic E-state index is 0.0369. The van der Waals surface area contributed by atoms with Crippen LogP contribution in [0.3, 0.4) is 0 Å². The average molecular weight is 357 g/mol. The first-order valence-electron chi connectivity index (χ1n) is 9.35. The quantitative estimate of drug-likeness (QED) is 0.549. The summed E-state index contributed by atoms with van der Waals surface area (Å²) in [6, 6.07) is 13.2. The highest BCUT2D eigenvalue weighted by molar-refractivity contribution is 6.41. The zero-order valence-corrected chi connectivity index (χ0v) is 16.2. The van der Waals surface area contributed by atoms with E-state index in [4.69, 9.17) is 0 Å². The second-order valence-electron chi connectivity index (χ2n) is 7.76. The Kier molecular flexibility index (Phi) is 3.92. The molecule has 0 saturated carbocycles. The highest BCUT2D eigenvalue weighted by atomic mass is 16.2. The number of anilines is 1. The summed E-state index contributed by atoms with van der Waals surface area (Å²) in [7, 11) is 0. The van der Waals surface area contributed by atoms with Crippen molar-refractivity contribution < 1.29 is 9.59 Å². The number of carbonyl (C=O) groups is 2. The van der Waals surface area contributed by atoms with Gasteiger partial charge in [-0.25, -0.2) is 0 Å². The minimum Gasteiger partial charge on any atom is -0.363 e. The van der Waals surface area contributed by atoms with Gasteiger partial charge >= 0.3 is 0 Å². The van der Waals surface area contributed by atoms with Crippen molar-refractivity contribution in [3.05, 3.63) is 76.4 Å². The molecule has 3 heteroatoms. The summed E-state index contributed by atoms with van der Waals surface area (Å²) < 4.78 is 0. The summed E-state index contributed by atoms with van der Waals surface area (Å²) in [6.45, 7) is 9.61. The van der Waals surface area contributed by atoms with E-state index in [2.05, 4.69) is 50.8 Å². The van der Waals surface area contributed by atoms with Crippen molar-refractivity contribution in [2.75, 3.05) is 11.4 Å². The zero-order chi connectivity index (χ0) is 19.3. The number of allylic oxidation sites excluding steroid dienone is 2. The summed E-state index contributed by atoms with van der Waals surface area (Å²) in [6.07, 6.45) is 4.01. The molecule has 2 aromatic rings. The van der Waals surface area contributed by atoms with Crippen LogP contribution < -0.4 is 4.90 Å². The van der Waals surface area contributed by atoms with E-state index < -0.39 is 0 Å². The first kappa shape index (κ1) is 17.5. The highest BCUT2D eigenvalue weighted by Gasteiger charge is 2.33. The molecule has 0 aromatic heterocycles. The highest BCUT2D eigenvalue weighted by Crippen LogP contribution is 2.39. The van der Waals surface area contributed by atoms with Crippen molar-refractivity contribution in [3.8, 4) is 0 Å². The predicted molar refractivity (Wildman–Crippen MR) is 110 cm³/mol. The van der Waals surface area contributed by atoms with Crippen molar-refractivity contribution in [2.45, 2.75) is 33.2 Å². The fourth-order valence-electron chi connectivity index (χ4n) is 4.34. The number of Topliss-reactive ketones (excluding diaryl/α,β-unsaturated/α-hetero) is 2.